The van der Waals surface area contributed by atoms with Gasteiger partial charge in [-0.05, 0) is 24.3 Å². The Morgan fingerprint density at radius 3 is 2.14 bits per heavy atom. The molecule has 0 aromatic heterocycles. The van der Waals surface area contributed by atoms with Crippen LogP contribution in [0.3, 0.4) is 0 Å². The molecule has 3 rings (SSSR count). The Bertz CT molecular complexity index is 766. The largest absolute Gasteiger partial charge is 0.368 e. The number of hydrogen-bond acceptors (Lipinski definition) is 4. The van der Waals surface area contributed by atoms with Crippen LogP contribution in [0.25, 0.3) is 0 Å². The Balaban J connectivity index is 1.91. The number of nitrogens with zero attached hydrogens (tertiary/aromatic N) is 1. The average Bonchev–Trinajstić information content (AvgIpc) is 2.73. The summed E-state index contributed by atoms with van der Waals surface area (Å²) in [7, 11) is 0. The SMILES string of the molecule is O=C(ON1C(=O)c2ccccc2C1=O)c1c(F)cccc1Cl. The van der Waals surface area contributed by atoms with E-state index >= 15 is 0 Å². The molecule has 22 heavy (non-hydrogen) atoms. The van der Waals surface area contributed by atoms with E-state index in [1.54, 1.807) is 12.1 Å². The van der Waals surface area contributed by atoms with E-state index in [9.17, 15) is 18.8 Å². The van der Waals surface area contributed by atoms with E-state index in [1.165, 1.54) is 24.3 Å². The van der Waals surface area contributed by atoms with Crippen molar-refractivity contribution < 1.29 is 23.6 Å². The highest BCUT2D eigenvalue weighted by molar-refractivity contribution is 6.33. The van der Waals surface area contributed by atoms with Crippen LogP contribution in [-0.4, -0.2) is 22.8 Å². The molecule has 1 aliphatic heterocycles. The number of rotatable bonds is 2. The summed E-state index contributed by atoms with van der Waals surface area (Å²) >= 11 is 5.74. The average molecular weight is 320 g/mol. The van der Waals surface area contributed by atoms with Crippen LogP contribution in [0.2, 0.25) is 5.02 Å². The van der Waals surface area contributed by atoms with E-state index in [0.717, 1.165) is 6.07 Å². The van der Waals surface area contributed by atoms with Crippen LogP contribution >= 0.6 is 11.6 Å². The fourth-order valence-electron chi connectivity index (χ4n) is 2.07. The fourth-order valence-corrected chi connectivity index (χ4v) is 2.31. The Kier molecular flexibility index (Phi) is 3.38. The van der Waals surface area contributed by atoms with Gasteiger partial charge in [-0.3, -0.25) is 9.59 Å². The molecule has 1 aliphatic rings. The van der Waals surface area contributed by atoms with Crippen molar-refractivity contribution >= 4 is 29.4 Å². The number of hydrogen-bond donors (Lipinski definition) is 0. The molecule has 0 unspecified atom stereocenters. The third-order valence-corrected chi connectivity index (χ3v) is 3.41. The predicted molar refractivity (Wildman–Crippen MR) is 73.8 cm³/mol. The van der Waals surface area contributed by atoms with Gasteiger partial charge in [0.2, 0.25) is 0 Å². The number of benzene rings is 2. The highest BCUT2D eigenvalue weighted by Gasteiger charge is 2.39. The number of halogens is 2. The van der Waals surface area contributed by atoms with E-state index in [-0.39, 0.29) is 16.1 Å². The molecule has 1 heterocycles. The van der Waals surface area contributed by atoms with Crippen LogP contribution in [-0.2, 0) is 4.84 Å². The van der Waals surface area contributed by atoms with Crippen molar-refractivity contribution in [2.24, 2.45) is 0 Å². The molecule has 0 saturated carbocycles. The molecule has 2 amide bonds. The second-order valence-corrected chi connectivity index (χ2v) is 4.83. The van der Waals surface area contributed by atoms with Crippen LogP contribution in [0.15, 0.2) is 42.5 Å². The molecule has 0 aliphatic carbocycles. The highest BCUT2D eigenvalue weighted by atomic mass is 35.5. The molecule has 0 radical (unpaired) electrons. The van der Waals surface area contributed by atoms with Gasteiger partial charge in [-0.2, -0.15) is 0 Å². The lowest BCUT2D eigenvalue weighted by molar-refractivity contribution is -0.0587. The lowest BCUT2D eigenvalue weighted by Crippen LogP contribution is -2.33. The predicted octanol–water partition coefficient (Wildman–Crippen LogP) is 2.85. The van der Waals surface area contributed by atoms with Gasteiger partial charge in [0, 0.05) is 0 Å². The normalized spacial score (nSPS) is 13.3. The smallest absolute Gasteiger partial charge is 0.324 e. The first-order chi connectivity index (χ1) is 10.5. The first kappa shape index (κ1) is 14.2. The number of imide groups is 1. The zero-order chi connectivity index (χ0) is 15.9. The first-order valence-corrected chi connectivity index (χ1v) is 6.52. The quantitative estimate of drug-likeness (QED) is 0.798. The minimum atomic E-state index is -1.22. The molecule has 110 valence electrons. The van der Waals surface area contributed by atoms with Gasteiger partial charge in [-0.25, -0.2) is 9.18 Å². The van der Waals surface area contributed by atoms with E-state index in [1.807, 2.05) is 0 Å². The molecule has 2 aromatic carbocycles. The summed E-state index contributed by atoms with van der Waals surface area (Å²) in [5, 5.41) is 0.122. The standard InChI is InChI=1S/C15H7ClFNO4/c16-10-6-3-7-11(17)12(10)15(21)22-18-13(19)8-4-1-2-5-9(8)14(18)20/h1-7H. The van der Waals surface area contributed by atoms with Crippen molar-refractivity contribution in [1.29, 1.82) is 0 Å². The molecular formula is C15H7ClFNO4. The molecule has 2 aromatic rings. The minimum Gasteiger partial charge on any atom is -0.324 e. The summed E-state index contributed by atoms with van der Waals surface area (Å²) < 4.78 is 13.7. The van der Waals surface area contributed by atoms with Crippen molar-refractivity contribution in [2.75, 3.05) is 0 Å². The van der Waals surface area contributed by atoms with Gasteiger partial charge in [0.15, 0.2) is 0 Å². The van der Waals surface area contributed by atoms with Gasteiger partial charge in [0.1, 0.15) is 11.4 Å². The molecule has 7 heteroatoms. The Hall–Kier alpha value is -2.73. The third kappa shape index (κ3) is 2.14. The zero-order valence-corrected chi connectivity index (χ0v) is 11.6. The van der Waals surface area contributed by atoms with Gasteiger partial charge in [0.25, 0.3) is 11.8 Å². The van der Waals surface area contributed by atoms with Gasteiger partial charge in [-0.1, -0.05) is 34.9 Å². The molecule has 0 bridgehead atoms. The van der Waals surface area contributed by atoms with Crippen LogP contribution in [0.5, 0.6) is 0 Å². The van der Waals surface area contributed by atoms with E-state index in [4.69, 9.17) is 16.4 Å². The monoisotopic (exact) mass is 319 g/mol. The highest BCUT2D eigenvalue weighted by Crippen LogP contribution is 2.25. The molecule has 0 saturated heterocycles. The molecule has 5 nitrogen and oxygen atoms in total. The lowest BCUT2D eigenvalue weighted by Gasteiger charge is -2.13. The summed E-state index contributed by atoms with van der Waals surface area (Å²) in [6, 6.07) is 9.63. The molecular weight excluding hydrogens is 313 g/mol. The van der Waals surface area contributed by atoms with Crippen molar-refractivity contribution in [3.63, 3.8) is 0 Å². The van der Waals surface area contributed by atoms with Crippen molar-refractivity contribution in [3.8, 4) is 0 Å². The van der Waals surface area contributed by atoms with Gasteiger partial charge >= 0.3 is 5.97 Å². The second kappa shape index (κ2) is 5.23. The topological polar surface area (TPSA) is 63.7 Å². The summed E-state index contributed by atoms with van der Waals surface area (Å²) in [5.41, 5.74) is -0.319. The van der Waals surface area contributed by atoms with Crippen LogP contribution in [0, 0.1) is 5.82 Å². The van der Waals surface area contributed by atoms with Crippen LogP contribution in [0.4, 0.5) is 4.39 Å². The van der Waals surface area contributed by atoms with E-state index < -0.39 is 29.2 Å². The maximum absolute atomic E-state index is 13.7. The maximum Gasteiger partial charge on any atom is 0.368 e. The van der Waals surface area contributed by atoms with Gasteiger partial charge in [-0.15, -0.1) is 0 Å². The summed E-state index contributed by atoms with van der Waals surface area (Å²) in [6.45, 7) is 0. The van der Waals surface area contributed by atoms with E-state index in [2.05, 4.69) is 0 Å². The number of carbonyl (C=O) groups is 3. The van der Waals surface area contributed by atoms with Crippen molar-refractivity contribution in [3.05, 3.63) is 70.0 Å². The molecule has 0 spiro atoms. The fraction of sp³-hybridized carbons (Fsp3) is 0. The Labute approximate surface area is 128 Å². The lowest BCUT2D eigenvalue weighted by atomic mass is 10.1. The molecule has 0 atom stereocenters. The van der Waals surface area contributed by atoms with Crippen molar-refractivity contribution in [1.82, 2.24) is 5.06 Å². The number of fused-ring (bicyclic) bond motifs is 1. The zero-order valence-electron chi connectivity index (χ0n) is 10.9. The third-order valence-electron chi connectivity index (χ3n) is 3.10. The van der Waals surface area contributed by atoms with Crippen LogP contribution in [0.1, 0.15) is 31.1 Å². The number of amides is 2. The van der Waals surface area contributed by atoms with Gasteiger partial charge in [0.05, 0.1) is 16.1 Å². The van der Waals surface area contributed by atoms with Crippen LogP contribution < -0.4 is 0 Å². The van der Waals surface area contributed by atoms with Gasteiger partial charge < -0.3 is 4.84 Å². The number of carbonyl (C=O) groups excluding carboxylic acids is 3. The summed E-state index contributed by atoms with van der Waals surface area (Å²) in [6.07, 6.45) is 0. The summed E-state index contributed by atoms with van der Waals surface area (Å²) in [5.74, 6) is -3.71. The van der Waals surface area contributed by atoms with Crippen molar-refractivity contribution in [2.45, 2.75) is 0 Å². The maximum atomic E-state index is 13.7. The Morgan fingerprint density at radius 2 is 1.59 bits per heavy atom. The molecule has 0 N–H and O–H groups in total. The van der Waals surface area contributed by atoms with E-state index in [0.29, 0.717) is 5.06 Å². The second-order valence-electron chi connectivity index (χ2n) is 4.43. The first-order valence-electron chi connectivity index (χ1n) is 6.15. The Morgan fingerprint density at radius 1 is 1.00 bits per heavy atom. The minimum absolute atomic E-state index is 0.111. The summed E-state index contributed by atoms with van der Waals surface area (Å²) in [4.78, 5) is 40.8. The number of hydroxylamine groups is 2. The molecule has 0 fully saturated rings.